The molecule has 0 amide bonds. The Balaban J connectivity index is 1.91. The SMILES string of the molecule is O=S1(=O)CCC(N2CCOc3ccccc32)C1. The average Bonchev–Trinajstić information content (AvgIpc) is 2.69. The Labute approximate surface area is 101 Å². The lowest BCUT2D eigenvalue weighted by Gasteiger charge is -2.35. The van der Waals surface area contributed by atoms with Gasteiger partial charge in [-0.2, -0.15) is 0 Å². The molecule has 4 nitrogen and oxygen atoms in total. The van der Waals surface area contributed by atoms with E-state index < -0.39 is 9.84 Å². The number of hydrogen-bond donors (Lipinski definition) is 0. The van der Waals surface area contributed by atoms with Crippen molar-refractivity contribution in [1.82, 2.24) is 0 Å². The molecular weight excluding hydrogens is 238 g/mol. The number of fused-ring (bicyclic) bond motifs is 1. The Hall–Kier alpha value is -1.23. The largest absolute Gasteiger partial charge is 0.490 e. The smallest absolute Gasteiger partial charge is 0.152 e. The van der Waals surface area contributed by atoms with Crippen molar-refractivity contribution in [3.8, 4) is 5.75 Å². The molecule has 0 radical (unpaired) electrons. The summed E-state index contributed by atoms with van der Waals surface area (Å²) in [6.45, 7) is 1.41. The number of ether oxygens (including phenoxy) is 1. The van der Waals surface area contributed by atoms with E-state index in [4.69, 9.17) is 4.74 Å². The van der Waals surface area contributed by atoms with Gasteiger partial charge in [-0.15, -0.1) is 0 Å². The lowest BCUT2D eigenvalue weighted by molar-refractivity contribution is 0.301. The topological polar surface area (TPSA) is 46.6 Å². The summed E-state index contributed by atoms with van der Waals surface area (Å²) in [6.07, 6.45) is 0.733. The molecular formula is C12H15NO3S. The molecule has 0 saturated carbocycles. The van der Waals surface area contributed by atoms with Crippen molar-refractivity contribution >= 4 is 15.5 Å². The summed E-state index contributed by atoms with van der Waals surface area (Å²) in [5.41, 5.74) is 1.03. The standard InChI is InChI=1S/C12H15NO3S/c14-17(15)8-5-10(9-17)13-6-7-16-12-4-2-1-3-11(12)13/h1-4,10H,5-9H2. The zero-order valence-electron chi connectivity index (χ0n) is 9.50. The van der Waals surface area contributed by atoms with Crippen LogP contribution in [0.5, 0.6) is 5.75 Å². The van der Waals surface area contributed by atoms with E-state index in [0.717, 1.165) is 24.4 Å². The van der Waals surface area contributed by atoms with Gasteiger partial charge in [0.15, 0.2) is 9.84 Å². The number of rotatable bonds is 1. The maximum Gasteiger partial charge on any atom is 0.152 e. The minimum atomic E-state index is -2.83. The van der Waals surface area contributed by atoms with Crippen LogP contribution in [0.15, 0.2) is 24.3 Å². The first-order valence-corrected chi connectivity index (χ1v) is 7.67. The van der Waals surface area contributed by atoms with E-state index in [1.165, 1.54) is 0 Å². The van der Waals surface area contributed by atoms with Crippen LogP contribution in [0.4, 0.5) is 5.69 Å². The summed E-state index contributed by atoms with van der Waals surface area (Å²) in [5, 5.41) is 0. The van der Waals surface area contributed by atoms with Gasteiger partial charge in [-0.05, 0) is 18.6 Å². The van der Waals surface area contributed by atoms with Gasteiger partial charge in [0.05, 0.1) is 23.7 Å². The van der Waals surface area contributed by atoms with Crippen LogP contribution in [0, 0.1) is 0 Å². The third-order valence-corrected chi connectivity index (χ3v) is 5.16. The second-order valence-corrected chi connectivity index (χ2v) is 6.80. The molecule has 1 unspecified atom stereocenters. The predicted octanol–water partition coefficient (Wildman–Crippen LogP) is 1.07. The molecule has 1 aromatic rings. The van der Waals surface area contributed by atoms with Crippen LogP contribution in [0.2, 0.25) is 0 Å². The molecule has 0 N–H and O–H groups in total. The van der Waals surface area contributed by atoms with E-state index in [9.17, 15) is 8.42 Å². The fourth-order valence-electron chi connectivity index (χ4n) is 2.59. The van der Waals surface area contributed by atoms with Crippen molar-refractivity contribution < 1.29 is 13.2 Å². The normalized spacial score (nSPS) is 26.4. The Morgan fingerprint density at radius 2 is 2.12 bits per heavy atom. The molecule has 1 fully saturated rings. The number of hydrogen-bond acceptors (Lipinski definition) is 4. The molecule has 3 rings (SSSR count). The first-order valence-electron chi connectivity index (χ1n) is 5.85. The van der Waals surface area contributed by atoms with Crippen molar-refractivity contribution in [2.24, 2.45) is 0 Å². The van der Waals surface area contributed by atoms with Crippen LogP contribution in [-0.4, -0.2) is 39.1 Å². The third kappa shape index (κ3) is 1.99. The first kappa shape index (κ1) is 10.9. The fourth-order valence-corrected chi connectivity index (χ4v) is 4.32. The molecule has 92 valence electrons. The van der Waals surface area contributed by atoms with Gasteiger partial charge in [0.2, 0.25) is 0 Å². The molecule has 0 aromatic heterocycles. The fraction of sp³-hybridized carbons (Fsp3) is 0.500. The molecule has 1 saturated heterocycles. The maximum absolute atomic E-state index is 11.5. The summed E-state index contributed by atoms with van der Waals surface area (Å²) in [5.74, 6) is 1.46. The van der Waals surface area contributed by atoms with Crippen molar-refractivity contribution in [2.75, 3.05) is 29.6 Å². The zero-order chi connectivity index (χ0) is 11.9. The molecule has 2 heterocycles. The molecule has 1 atom stereocenters. The number of nitrogens with zero attached hydrogens (tertiary/aromatic N) is 1. The average molecular weight is 253 g/mol. The highest BCUT2D eigenvalue weighted by Gasteiger charge is 2.34. The molecule has 0 aliphatic carbocycles. The number of benzene rings is 1. The van der Waals surface area contributed by atoms with Crippen molar-refractivity contribution in [2.45, 2.75) is 12.5 Å². The highest BCUT2D eigenvalue weighted by molar-refractivity contribution is 7.91. The van der Waals surface area contributed by atoms with Gasteiger partial charge in [0, 0.05) is 6.04 Å². The zero-order valence-corrected chi connectivity index (χ0v) is 10.3. The van der Waals surface area contributed by atoms with Gasteiger partial charge in [0.25, 0.3) is 0 Å². The minimum absolute atomic E-state index is 0.116. The number of para-hydroxylation sites is 2. The third-order valence-electron chi connectivity index (χ3n) is 3.41. The van der Waals surface area contributed by atoms with Gasteiger partial charge in [-0.3, -0.25) is 0 Å². The highest BCUT2D eigenvalue weighted by atomic mass is 32.2. The van der Waals surface area contributed by atoms with E-state index in [-0.39, 0.29) is 11.8 Å². The van der Waals surface area contributed by atoms with Gasteiger partial charge in [-0.25, -0.2) is 8.42 Å². The van der Waals surface area contributed by atoms with E-state index in [1.807, 2.05) is 24.3 Å². The first-order chi connectivity index (χ1) is 8.16. The van der Waals surface area contributed by atoms with Crippen LogP contribution in [0.25, 0.3) is 0 Å². The summed E-state index contributed by atoms with van der Waals surface area (Å²) in [7, 11) is -2.83. The molecule has 2 aliphatic rings. The summed E-state index contributed by atoms with van der Waals surface area (Å²) >= 11 is 0. The summed E-state index contributed by atoms with van der Waals surface area (Å²) < 4.78 is 28.6. The maximum atomic E-state index is 11.5. The van der Waals surface area contributed by atoms with Crippen LogP contribution in [0.3, 0.4) is 0 Å². The monoisotopic (exact) mass is 253 g/mol. The molecule has 0 bridgehead atoms. The van der Waals surface area contributed by atoms with Crippen LogP contribution >= 0.6 is 0 Å². The Morgan fingerprint density at radius 1 is 1.29 bits per heavy atom. The van der Waals surface area contributed by atoms with Gasteiger partial charge in [-0.1, -0.05) is 12.1 Å². The number of sulfone groups is 1. The van der Waals surface area contributed by atoms with Gasteiger partial charge < -0.3 is 9.64 Å². The van der Waals surface area contributed by atoms with Gasteiger partial charge >= 0.3 is 0 Å². The summed E-state index contributed by atoms with van der Waals surface area (Å²) in [6, 6.07) is 7.95. The van der Waals surface area contributed by atoms with E-state index in [0.29, 0.717) is 12.4 Å². The lowest BCUT2D eigenvalue weighted by atomic mass is 10.1. The van der Waals surface area contributed by atoms with Crippen molar-refractivity contribution in [3.63, 3.8) is 0 Å². The highest BCUT2D eigenvalue weighted by Crippen LogP contribution is 2.34. The van der Waals surface area contributed by atoms with E-state index in [1.54, 1.807) is 0 Å². The van der Waals surface area contributed by atoms with Crippen LogP contribution in [-0.2, 0) is 9.84 Å². The van der Waals surface area contributed by atoms with E-state index >= 15 is 0 Å². The molecule has 17 heavy (non-hydrogen) atoms. The molecule has 0 spiro atoms. The van der Waals surface area contributed by atoms with Crippen molar-refractivity contribution in [3.05, 3.63) is 24.3 Å². The molecule has 1 aromatic carbocycles. The summed E-state index contributed by atoms with van der Waals surface area (Å²) in [4.78, 5) is 2.18. The van der Waals surface area contributed by atoms with E-state index in [2.05, 4.69) is 4.90 Å². The Morgan fingerprint density at radius 3 is 2.88 bits per heavy atom. The minimum Gasteiger partial charge on any atom is -0.490 e. The van der Waals surface area contributed by atoms with Crippen LogP contribution < -0.4 is 9.64 Å². The molecule has 5 heteroatoms. The van der Waals surface area contributed by atoms with Gasteiger partial charge in [0.1, 0.15) is 12.4 Å². The lowest BCUT2D eigenvalue weighted by Crippen LogP contribution is -2.41. The number of anilines is 1. The quantitative estimate of drug-likeness (QED) is 0.751. The predicted molar refractivity (Wildman–Crippen MR) is 66.3 cm³/mol. The second-order valence-electron chi connectivity index (χ2n) is 4.57. The van der Waals surface area contributed by atoms with Crippen molar-refractivity contribution in [1.29, 1.82) is 0 Å². The second kappa shape index (κ2) is 3.91. The Kier molecular flexibility index (Phi) is 2.50. The molecule has 2 aliphatic heterocycles. The van der Waals surface area contributed by atoms with Crippen LogP contribution in [0.1, 0.15) is 6.42 Å². The Bertz CT molecular complexity index is 526.